The van der Waals surface area contributed by atoms with Gasteiger partial charge in [0.2, 0.25) is 0 Å². The lowest BCUT2D eigenvalue weighted by molar-refractivity contribution is -0.165. The zero-order valence-electron chi connectivity index (χ0n) is 32.4. The summed E-state index contributed by atoms with van der Waals surface area (Å²) in [5.41, 5.74) is 2.64. The van der Waals surface area contributed by atoms with Crippen molar-refractivity contribution in [2.45, 2.75) is 68.3 Å². The molecule has 0 saturated heterocycles. The Bertz CT molecular complexity index is 1870. The number of ketones is 1. The van der Waals surface area contributed by atoms with Crippen molar-refractivity contribution in [1.29, 1.82) is 0 Å². The van der Waals surface area contributed by atoms with Gasteiger partial charge in [-0.25, -0.2) is 14.4 Å². The summed E-state index contributed by atoms with van der Waals surface area (Å²) in [7, 11) is 4.29. The van der Waals surface area contributed by atoms with E-state index in [0.717, 1.165) is 13.1 Å². The van der Waals surface area contributed by atoms with Gasteiger partial charge in [0.15, 0.2) is 23.6 Å². The van der Waals surface area contributed by atoms with Gasteiger partial charge in [0.25, 0.3) is 0 Å². The first-order chi connectivity index (χ1) is 26.3. The molecule has 0 spiro atoms. The Morgan fingerprint density at radius 2 is 1.20 bits per heavy atom. The molecule has 3 unspecified atom stereocenters. The number of carboxylic acid groups (broad SMARTS) is 2. The Balaban J connectivity index is 0.000000245. The van der Waals surface area contributed by atoms with Gasteiger partial charge in [-0.3, -0.25) is 4.79 Å². The largest absolute Gasteiger partial charge is 0.479 e. The average Bonchev–Trinajstić information content (AvgIpc) is 3.14. The Morgan fingerprint density at radius 3 is 1.62 bits per heavy atom. The number of aliphatic carboxylic acids is 2. The fourth-order valence-corrected chi connectivity index (χ4v) is 6.60. The number of fused-ring (bicyclic) bond motifs is 2. The van der Waals surface area contributed by atoms with Crippen LogP contribution in [0.4, 0.5) is 11.4 Å². The van der Waals surface area contributed by atoms with Crippen LogP contribution in [0.3, 0.4) is 0 Å². The second-order valence-corrected chi connectivity index (χ2v) is 15.5. The van der Waals surface area contributed by atoms with E-state index < -0.39 is 35.7 Å². The maximum Gasteiger partial charge on any atom is 0.350 e. The van der Waals surface area contributed by atoms with Gasteiger partial charge in [0, 0.05) is 39.0 Å². The highest BCUT2D eigenvalue weighted by atomic mass is 35.5. The molecule has 14 heteroatoms. The lowest BCUT2D eigenvalue weighted by Crippen LogP contribution is -2.40. The quantitative estimate of drug-likeness (QED) is 0.0801. The van der Waals surface area contributed by atoms with Crippen molar-refractivity contribution in [3.63, 3.8) is 0 Å². The molecule has 1 aliphatic heterocycles. The molecule has 0 fully saturated rings. The van der Waals surface area contributed by atoms with Gasteiger partial charge in [0.05, 0.1) is 17.5 Å². The number of esters is 1. The van der Waals surface area contributed by atoms with Crippen LogP contribution in [0, 0.1) is 5.92 Å². The highest BCUT2D eigenvalue weighted by Gasteiger charge is 2.33. The second kappa shape index (κ2) is 20.8. The Labute approximate surface area is 336 Å². The Kier molecular flexibility index (Phi) is 16.9. The zero-order valence-corrected chi connectivity index (χ0v) is 34.0. The summed E-state index contributed by atoms with van der Waals surface area (Å²) in [6.45, 7) is 11.3. The van der Waals surface area contributed by atoms with Crippen LogP contribution in [-0.2, 0) is 19.1 Å². The predicted octanol–water partition coefficient (Wildman–Crippen LogP) is 7.04. The number of hydrogen-bond donors (Lipinski definition) is 4. The lowest BCUT2D eigenvalue weighted by Gasteiger charge is -2.35. The van der Waals surface area contributed by atoms with Crippen molar-refractivity contribution < 1.29 is 49.1 Å². The van der Waals surface area contributed by atoms with Gasteiger partial charge in [-0.1, -0.05) is 54.6 Å². The van der Waals surface area contributed by atoms with Crippen LogP contribution in [0.2, 0.25) is 5.02 Å². The van der Waals surface area contributed by atoms with Gasteiger partial charge in [0.1, 0.15) is 5.75 Å². The molecule has 0 saturated carbocycles. The number of carbonyl (C=O) groups is 4. The molecule has 5 rings (SSSR count). The minimum atomic E-state index is -2.27. The van der Waals surface area contributed by atoms with Crippen LogP contribution >= 0.6 is 23.4 Å². The number of nitrogens with zero attached hydrogens (tertiary/aromatic N) is 2. The third kappa shape index (κ3) is 13.4. The smallest absolute Gasteiger partial charge is 0.350 e. The molecule has 0 amide bonds. The van der Waals surface area contributed by atoms with E-state index >= 15 is 0 Å². The molecule has 1 heterocycles. The summed E-state index contributed by atoms with van der Waals surface area (Å²) in [6.07, 6.45) is -4.75. The SMILES string of the molecule is CC(C)OC(=O)C(C)(C)Oc1ccc(C(=O)c2ccc(Cl)cc2)cc1.CC(CN(C)C)CN1c2ccccc2Sc2ccccc21.O=C(O)C(O)C(O)C(=O)O. The molecule has 56 heavy (non-hydrogen) atoms. The number of anilines is 2. The summed E-state index contributed by atoms with van der Waals surface area (Å²) in [4.78, 5) is 51.5. The van der Waals surface area contributed by atoms with Crippen LogP contribution in [0.1, 0.15) is 50.5 Å². The Hall–Kier alpha value is -4.92. The monoisotopic (exact) mass is 808 g/mol. The van der Waals surface area contributed by atoms with Crippen LogP contribution in [0.25, 0.3) is 0 Å². The van der Waals surface area contributed by atoms with Crippen molar-refractivity contribution in [2.75, 3.05) is 32.1 Å². The lowest BCUT2D eigenvalue weighted by atomic mass is 10.0. The molecule has 0 aromatic heterocycles. The summed E-state index contributed by atoms with van der Waals surface area (Å²) >= 11 is 7.71. The van der Waals surface area contributed by atoms with Gasteiger partial charge >= 0.3 is 17.9 Å². The Morgan fingerprint density at radius 1 is 0.750 bits per heavy atom. The molecular formula is C42H49ClN2O10S. The van der Waals surface area contributed by atoms with Crippen molar-refractivity contribution in [1.82, 2.24) is 4.90 Å². The fraction of sp³-hybridized carbons (Fsp3) is 0.333. The predicted molar refractivity (Wildman–Crippen MR) is 216 cm³/mol. The number of ether oxygens (including phenoxy) is 2. The second-order valence-electron chi connectivity index (χ2n) is 14.0. The highest BCUT2D eigenvalue weighted by Crippen LogP contribution is 2.48. The third-order valence-corrected chi connectivity index (χ3v) is 9.32. The van der Waals surface area contributed by atoms with E-state index in [-0.39, 0.29) is 11.9 Å². The first-order valence-corrected chi connectivity index (χ1v) is 18.9. The van der Waals surface area contributed by atoms with E-state index in [9.17, 15) is 19.2 Å². The maximum atomic E-state index is 12.4. The van der Waals surface area contributed by atoms with E-state index in [1.807, 2.05) is 11.8 Å². The molecule has 12 nitrogen and oxygen atoms in total. The molecule has 0 radical (unpaired) electrons. The summed E-state index contributed by atoms with van der Waals surface area (Å²) in [6, 6.07) is 30.8. The van der Waals surface area contributed by atoms with E-state index in [1.165, 1.54) is 21.2 Å². The first kappa shape index (κ1) is 45.5. The standard InChI is InChI=1S/C20H21ClO4.C18H22N2S.C4H6O6/c1-13(2)24-19(23)20(3,4)25-17-11-7-15(8-12-17)18(22)14-5-9-16(21)10-6-14;1-14(12-19(2)3)13-20-15-8-4-6-10-17(15)21-18-11-7-5-9-16(18)20;5-1(3(7)8)2(6)4(9)10/h5-13H,1-4H3;4-11,14H,12-13H2,1-3H3;1-2,5-6H,(H,7,8)(H,9,10). The molecule has 4 aromatic rings. The van der Waals surface area contributed by atoms with E-state index in [4.69, 9.17) is 41.5 Å². The van der Waals surface area contributed by atoms with Crippen molar-refractivity contribution in [2.24, 2.45) is 5.92 Å². The number of para-hydroxylation sites is 2. The van der Waals surface area contributed by atoms with Gasteiger partial charge in [-0.15, -0.1) is 0 Å². The number of aliphatic hydroxyl groups is 2. The minimum absolute atomic E-state index is 0.110. The topological polar surface area (TPSA) is 174 Å². The minimum Gasteiger partial charge on any atom is -0.479 e. The third-order valence-electron chi connectivity index (χ3n) is 7.94. The van der Waals surface area contributed by atoms with Gasteiger partial charge in [-0.05, 0) is 121 Å². The number of rotatable bonds is 13. The zero-order chi connectivity index (χ0) is 41.7. The molecule has 3 atom stereocenters. The van der Waals surface area contributed by atoms with Crippen LogP contribution in [0.5, 0.6) is 5.75 Å². The molecule has 4 aromatic carbocycles. The molecular weight excluding hydrogens is 760 g/mol. The van der Waals surface area contributed by atoms with Crippen LogP contribution in [0.15, 0.2) is 107 Å². The van der Waals surface area contributed by atoms with E-state index in [0.29, 0.717) is 27.8 Å². The number of halogens is 1. The van der Waals surface area contributed by atoms with Crippen molar-refractivity contribution in [3.8, 4) is 5.75 Å². The number of hydrogen-bond acceptors (Lipinski definition) is 11. The molecule has 300 valence electrons. The first-order valence-electron chi connectivity index (χ1n) is 17.7. The number of carboxylic acids is 2. The van der Waals surface area contributed by atoms with Gasteiger partial charge in [-0.2, -0.15) is 0 Å². The molecule has 0 aliphatic carbocycles. The number of aliphatic hydroxyl groups excluding tert-OH is 2. The number of benzene rings is 4. The van der Waals surface area contributed by atoms with Gasteiger partial charge < -0.3 is 39.7 Å². The number of carbonyl (C=O) groups excluding carboxylic acids is 2. The summed E-state index contributed by atoms with van der Waals surface area (Å²) in [5, 5.41) is 33.1. The van der Waals surface area contributed by atoms with E-state index in [2.05, 4.69) is 79.3 Å². The fourth-order valence-electron chi connectivity index (χ4n) is 5.38. The maximum absolute atomic E-state index is 12.4. The highest BCUT2D eigenvalue weighted by molar-refractivity contribution is 7.99. The van der Waals surface area contributed by atoms with Crippen LogP contribution < -0.4 is 9.64 Å². The van der Waals surface area contributed by atoms with Crippen molar-refractivity contribution >= 4 is 58.4 Å². The molecule has 1 aliphatic rings. The van der Waals surface area contributed by atoms with Crippen molar-refractivity contribution in [3.05, 3.63) is 113 Å². The molecule has 0 bridgehead atoms. The van der Waals surface area contributed by atoms with Crippen LogP contribution in [-0.4, -0.2) is 100 Å². The average molecular weight is 809 g/mol. The molecule has 4 N–H and O–H groups in total. The normalized spacial score (nSPS) is 13.4. The van der Waals surface area contributed by atoms with E-state index in [1.54, 1.807) is 76.2 Å². The summed E-state index contributed by atoms with van der Waals surface area (Å²) < 4.78 is 10.9. The summed E-state index contributed by atoms with van der Waals surface area (Å²) in [5.74, 6) is -2.99.